The van der Waals surface area contributed by atoms with Gasteiger partial charge in [0.2, 0.25) is 0 Å². The van der Waals surface area contributed by atoms with Crippen LogP contribution >= 0.6 is 0 Å². The summed E-state index contributed by atoms with van der Waals surface area (Å²) >= 11 is 0. The van der Waals surface area contributed by atoms with Gasteiger partial charge in [-0.05, 0) is 6.42 Å². The standard InChI is InChI=1S/C8H15NO3S/c1-3-6-4-9-7(5-13(6)11)8(10)12-2/h6-7,9H,3-5H2,1-2H3. The second-order valence-corrected chi connectivity index (χ2v) is 4.82. The molecule has 13 heavy (non-hydrogen) atoms. The molecule has 0 aromatic rings. The summed E-state index contributed by atoms with van der Waals surface area (Å²) in [6.45, 7) is 2.64. The predicted octanol–water partition coefficient (Wildman–Crippen LogP) is -0.341. The SMILES string of the molecule is CCC1CNC(C(=O)OC)CS1=O. The van der Waals surface area contributed by atoms with Crippen molar-refractivity contribution in [2.75, 3.05) is 19.4 Å². The molecule has 1 N–H and O–H groups in total. The van der Waals surface area contributed by atoms with Crippen LogP contribution in [0, 0.1) is 0 Å². The van der Waals surface area contributed by atoms with Gasteiger partial charge >= 0.3 is 5.97 Å². The van der Waals surface area contributed by atoms with Gasteiger partial charge in [-0.15, -0.1) is 0 Å². The highest BCUT2D eigenvalue weighted by Gasteiger charge is 2.30. The highest BCUT2D eigenvalue weighted by molar-refractivity contribution is 7.85. The van der Waals surface area contributed by atoms with Gasteiger partial charge in [0, 0.05) is 28.3 Å². The fourth-order valence-corrected chi connectivity index (χ4v) is 2.86. The van der Waals surface area contributed by atoms with E-state index in [1.807, 2.05) is 6.92 Å². The van der Waals surface area contributed by atoms with Crippen LogP contribution in [0.25, 0.3) is 0 Å². The summed E-state index contributed by atoms with van der Waals surface area (Å²) in [5.74, 6) is 0.0634. The Labute approximate surface area is 80.5 Å². The summed E-state index contributed by atoms with van der Waals surface area (Å²) in [6.07, 6.45) is 0.882. The van der Waals surface area contributed by atoms with Crippen LogP contribution in [0.2, 0.25) is 0 Å². The Morgan fingerprint density at radius 1 is 1.69 bits per heavy atom. The molecule has 0 amide bonds. The number of carbonyl (C=O) groups excluding carboxylic acids is 1. The maximum Gasteiger partial charge on any atom is 0.323 e. The Hall–Kier alpha value is -0.420. The van der Waals surface area contributed by atoms with Crippen molar-refractivity contribution in [2.24, 2.45) is 0 Å². The Balaban J connectivity index is 2.50. The first-order chi connectivity index (χ1) is 6.19. The normalized spacial score (nSPS) is 34.2. The number of ether oxygens (including phenoxy) is 1. The Morgan fingerprint density at radius 3 is 2.85 bits per heavy atom. The highest BCUT2D eigenvalue weighted by Crippen LogP contribution is 2.09. The zero-order chi connectivity index (χ0) is 9.84. The summed E-state index contributed by atoms with van der Waals surface area (Å²) in [7, 11) is 0.452. The summed E-state index contributed by atoms with van der Waals surface area (Å²) in [6, 6.07) is -0.381. The molecule has 0 aromatic carbocycles. The van der Waals surface area contributed by atoms with E-state index in [0.29, 0.717) is 12.3 Å². The molecule has 1 aliphatic rings. The van der Waals surface area contributed by atoms with E-state index in [-0.39, 0.29) is 17.3 Å². The molecule has 1 heterocycles. The third kappa shape index (κ3) is 2.51. The summed E-state index contributed by atoms with van der Waals surface area (Å²) in [4.78, 5) is 11.1. The van der Waals surface area contributed by atoms with Crippen LogP contribution in [-0.4, -0.2) is 40.9 Å². The van der Waals surface area contributed by atoms with Crippen molar-refractivity contribution < 1.29 is 13.7 Å². The number of methoxy groups -OCH3 is 1. The Morgan fingerprint density at radius 2 is 2.38 bits per heavy atom. The lowest BCUT2D eigenvalue weighted by molar-refractivity contribution is -0.142. The van der Waals surface area contributed by atoms with E-state index in [1.165, 1.54) is 7.11 Å². The van der Waals surface area contributed by atoms with Gasteiger partial charge in [0.1, 0.15) is 6.04 Å². The van der Waals surface area contributed by atoms with E-state index in [2.05, 4.69) is 10.1 Å². The third-order valence-electron chi connectivity index (χ3n) is 2.24. The molecule has 0 aromatic heterocycles. The third-order valence-corrected chi connectivity index (χ3v) is 4.14. The zero-order valence-electron chi connectivity index (χ0n) is 7.91. The lowest BCUT2D eigenvalue weighted by Crippen LogP contribution is -2.51. The van der Waals surface area contributed by atoms with Crippen LogP contribution in [0.15, 0.2) is 0 Å². The number of hydrogen-bond donors (Lipinski definition) is 1. The van der Waals surface area contributed by atoms with Gasteiger partial charge in [0.25, 0.3) is 0 Å². The highest BCUT2D eigenvalue weighted by atomic mass is 32.2. The van der Waals surface area contributed by atoms with E-state index in [0.717, 1.165) is 6.42 Å². The number of esters is 1. The van der Waals surface area contributed by atoms with Gasteiger partial charge in [0.15, 0.2) is 0 Å². The molecule has 0 saturated carbocycles. The van der Waals surface area contributed by atoms with Crippen molar-refractivity contribution in [1.29, 1.82) is 0 Å². The summed E-state index contributed by atoms with van der Waals surface area (Å²) < 4.78 is 16.1. The monoisotopic (exact) mass is 205 g/mol. The van der Waals surface area contributed by atoms with Crippen molar-refractivity contribution >= 4 is 16.8 Å². The fourth-order valence-electron chi connectivity index (χ4n) is 1.35. The number of rotatable bonds is 2. The number of nitrogens with one attached hydrogen (secondary N) is 1. The van der Waals surface area contributed by atoms with Crippen LogP contribution in [0.5, 0.6) is 0 Å². The number of carbonyl (C=O) groups is 1. The molecule has 5 heteroatoms. The largest absolute Gasteiger partial charge is 0.468 e. The van der Waals surface area contributed by atoms with Gasteiger partial charge in [-0.1, -0.05) is 6.92 Å². The molecule has 76 valence electrons. The molecular formula is C8H15NO3S. The first-order valence-corrected chi connectivity index (χ1v) is 5.75. The van der Waals surface area contributed by atoms with E-state index >= 15 is 0 Å². The molecule has 4 nitrogen and oxygen atoms in total. The minimum atomic E-state index is -0.894. The van der Waals surface area contributed by atoms with Crippen molar-refractivity contribution in [2.45, 2.75) is 24.6 Å². The molecular weight excluding hydrogens is 190 g/mol. The van der Waals surface area contributed by atoms with Crippen LogP contribution in [0.1, 0.15) is 13.3 Å². The smallest absolute Gasteiger partial charge is 0.323 e. The summed E-state index contributed by atoms with van der Waals surface area (Å²) in [5, 5.41) is 3.22. The summed E-state index contributed by atoms with van der Waals surface area (Å²) in [5.41, 5.74) is 0. The van der Waals surface area contributed by atoms with E-state index in [9.17, 15) is 9.00 Å². The first kappa shape index (κ1) is 10.7. The quantitative estimate of drug-likeness (QED) is 0.627. The fraction of sp³-hybridized carbons (Fsp3) is 0.875. The van der Waals surface area contributed by atoms with Gasteiger partial charge in [-0.25, -0.2) is 0 Å². The zero-order valence-corrected chi connectivity index (χ0v) is 8.73. The molecule has 0 spiro atoms. The number of hydrogen-bond acceptors (Lipinski definition) is 4. The minimum absolute atomic E-state index is 0.181. The van der Waals surface area contributed by atoms with E-state index in [1.54, 1.807) is 0 Å². The van der Waals surface area contributed by atoms with Gasteiger partial charge in [-0.2, -0.15) is 0 Å². The maximum atomic E-state index is 11.5. The maximum absolute atomic E-state index is 11.5. The Bertz CT molecular complexity index is 219. The molecule has 3 atom stereocenters. The second kappa shape index (κ2) is 4.72. The van der Waals surface area contributed by atoms with Crippen molar-refractivity contribution in [3.63, 3.8) is 0 Å². The molecule has 1 aliphatic heterocycles. The topological polar surface area (TPSA) is 55.4 Å². The minimum Gasteiger partial charge on any atom is -0.468 e. The van der Waals surface area contributed by atoms with Crippen LogP contribution < -0.4 is 5.32 Å². The predicted molar refractivity (Wildman–Crippen MR) is 50.9 cm³/mol. The molecule has 1 fully saturated rings. The molecule has 1 saturated heterocycles. The van der Waals surface area contributed by atoms with Crippen LogP contribution in [0.4, 0.5) is 0 Å². The van der Waals surface area contributed by atoms with Crippen molar-refractivity contribution in [3.8, 4) is 0 Å². The molecule has 0 radical (unpaired) electrons. The van der Waals surface area contributed by atoms with Gasteiger partial charge < -0.3 is 10.1 Å². The van der Waals surface area contributed by atoms with Gasteiger partial charge in [0.05, 0.1) is 7.11 Å². The van der Waals surface area contributed by atoms with Gasteiger partial charge in [-0.3, -0.25) is 9.00 Å². The van der Waals surface area contributed by atoms with E-state index < -0.39 is 10.8 Å². The van der Waals surface area contributed by atoms with Crippen molar-refractivity contribution in [1.82, 2.24) is 5.32 Å². The van der Waals surface area contributed by atoms with Crippen LogP contribution in [0.3, 0.4) is 0 Å². The second-order valence-electron chi connectivity index (χ2n) is 3.06. The molecule has 0 aliphatic carbocycles. The Kier molecular flexibility index (Phi) is 3.87. The lowest BCUT2D eigenvalue weighted by Gasteiger charge is -2.26. The molecule has 0 bridgehead atoms. The van der Waals surface area contributed by atoms with E-state index in [4.69, 9.17) is 0 Å². The van der Waals surface area contributed by atoms with Crippen LogP contribution in [-0.2, 0) is 20.3 Å². The lowest BCUT2D eigenvalue weighted by atomic mass is 10.2. The first-order valence-electron chi connectivity index (χ1n) is 4.37. The molecule has 3 unspecified atom stereocenters. The van der Waals surface area contributed by atoms with Crippen molar-refractivity contribution in [3.05, 3.63) is 0 Å². The average molecular weight is 205 g/mol. The average Bonchev–Trinajstić information content (AvgIpc) is 2.16. The molecule has 1 rings (SSSR count).